The van der Waals surface area contributed by atoms with Crippen LogP contribution in [0.15, 0.2) is 18.2 Å². The molecule has 3 heteroatoms. The van der Waals surface area contributed by atoms with E-state index in [9.17, 15) is 0 Å². The van der Waals surface area contributed by atoms with Crippen LogP contribution >= 0.6 is 0 Å². The van der Waals surface area contributed by atoms with Crippen molar-refractivity contribution in [2.24, 2.45) is 0 Å². The SMILES string of the molecule is CCNC1CCc2c(OCCCO)cccc21. The Hall–Kier alpha value is -1.06. The third-order valence-corrected chi connectivity index (χ3v) is 3.24. The molecule has 1 aliphatic rings. The van der Waals surface area contributed by atoms with Gasteiger partial charge in [-0.1, -0.05) is 19.1 Å². The molecule has 0 aromatic heterocycles. The average Bonchev–Trinajstić information content (AvgIpc) is 2.75. The van der Waals surface area contributed by atoms with Crippen LogP contribution in [0, 0.1) is 0 Å². The Bertz CT molecular complexity index is 365. The number of ether oxygens (including phenoxy) is 1. The van der Waals surface area contributed by atoms with E-state index < -0.39 is 0 Å². The van der Waals surface area contributed by atoms with Crippen molar-refractivity contribution in [3.63, 3.8) is 0 Å². The van der Waals surface area contributed by atoms with Gasteiger partial charge < -0.3 is 15.2 Å². The molecule has 0 radical (unpaired) electrons. The van der Waals surface area contributed by atoms with Crippen LogP contribution in [0.3, 0.4) is 0 Å². The molecule has 1 unspecified atom stereocenters. The Morgan fingerprint density at radius 1 is 1.47 bits per heavy atom. The minimum absolute atomic E-state index is 0.190. The van der Waals surface area contributed by atoms with Crippen LogP contribution in [0.5, 0.6) is 5.75 Å². The van der Waals surface area contributed by atoms with E-state index in [1.165, 1.54) is 11.1 Å². The van der Waals surface area contributed by atoms with E-state index in [1.807, 2.05) is 6.07 Å². The van der Waals surface area contributed by atoms with Gasteiger partial charge in [0, 0.05) is 19.1 Å². The summed E-state index contributed by atoms with van der Waals surface area (Å²) in [5.74, 6) is 0.997. The van der Waals surface area contributed by atoms with Crippen LogP contribution in [0.25, 0.3) is 0 Å². The van der Waals surface area contributed by atoms with Gasteiger partial charge in [-0.15, -0.1) is 0 Å². The van der Waals surface area contributed by atoms with Gasteiger partial charge in [-0.25, -0.2) is 0 Å². The minimum Gasteiger partial charge on any atom is -0.493 e. The van der Waals surface area contributed by atoms with Gasteiger partial charge in [0.05, 0.1) is 6.61 Å². The lowest BCUT2D eigenvalue weighted by Crippen LogP contribution is -2.18. The highest BCUT2D eigenvalue weighted by atomic mass is 16.5. The van der Waals surface area contributed by atoms with E-state index in [2.05, 4.69) is 24.4 Å². The molecule has 94 valence electrons. The molecule has 17 heavy (non-hydrogen) atoms. The molecule has 0 fully saturated rings. The number of nitrogens with one attached hydrogen (secondary N) is 1. The summed E-state index contributed by atoms with van der Waals surface area (Å²) in [5.41, 5.74) is 2.73. The van der Waals surface area contributed by atoms with Crippen LogP contribution in [0.1, 0.15) is 36.9 Å². The van der Waals surface area contributed by atoms with E-state index in [4.69, 9.17) is 9.84 Å². The summed E-state index contributed by atoms with van der Waals surface area (Å²) in [5, 5.41) is 12.3. The van der Waals surface area contributed by atoms with Crippen molar-refractivity contribution in [2.75, 3.05) is 19.8 Å². The summed E-state index contributed by atoms with van der Waals surface area (Å²) in [6.45, 7) is 3.92. The second kappa shape index (κ2) is 6.03. The van der Waals surface area contributed by atoms with E-state index in [0.29, 0.717) is 19.1 Å². The summed E-state index contributed by atoms with van der Waals surface area (Å²) in [6, 6.07) is 6.76. The third-order valence-electron chi connectivity index (χ3n) is 3.24. The molecule has 3 nitrogen and oxygen atoms in total. The van der Waals surface area contributed by atoms with Gasteiger partial charge in [-0.2, -0.15) is 0 Å². The lowest BCUT2D eigenvalue weighted by Gasteiger charge is -2.14. The fourth-order valence-electron chi connectivity index (χ4n) is 2.46. The quantitative estimate of drug-likeness (QED) is 0.741. The number of hydrogen-bond acceptors (Lipinski definition) is 3. The number of aliphatic hydroxyl groups excluding tert-OH is 1. The van der Waals surface area contributed by atoms with Gasteiger partial charge >= 0.3 is 0 Å². The van der Waals surface area contributed by atoms with Gasteiger partial charge in [0.2, 0.25) is 0 Å². The largest absolute Gasteiger partial charge is 0.493 e. The second-order valence-electron chi connectivity index (χ2n) is 4.40. The van der Waals surface area contributed by atoms with Crippen LogP contribution in [-0.4, -0.2) is 24.9 Å². The van der Waals surface area contributed by atoms with Gasteiger partial charge in [-0.3, -0.25) is 0 Å². The first-order chi connectivity index (χ1) is 8.36. The highest BCUT2D eigenvalue weighted by Crippen LogP contribution is 2.36. The molecule has 0 bridgehead atoms. The van der Waals surface area contributed by atoms with Crippen molar-refractivity contribution >= 4 is 0 Å². The predicted molar refractivity (Wildman–Crippen MR) is 68.4 cm³/mol. The molecule has 2 rings (SSSR count). The Kier molecular flexibility index (Phi) is 4.40. The highest BCUT2D eigenvalue weighted by Gasteiger charge is 2.24. The van der Waals surface area contributed by atoms with Crippen LogP contribution < -0.4 is 10.1 Å². The molecule has 0 saturated carbocycles. The normalized spacial score (nSPS) is 18.1. The molecule has 0 aliphatic heterocycles. The van der Waals surface area contributed by atoms with E-state index in [1.54, 1.807) is 0 Å². The Labute approximate surface area is 103 Å². The van der Waals surface area contributed by atoms with Crippen molar-refractivity contribution in [3.8, 4) is 5.75 Å². The van der Waals surface area contributed by atoms with E-state index >= 15 is 0 Å². The number of fused-ring (bicyclic) bond motifs is 1. The van der Waals surface area contributed by atoms with Gasteiger partial charge in [0.15, 0.2) is 0 Å². The zero-order chi connectivity index (χ0) is 12.1. The topological polar surface area (TPSA) is 41.5 Å². The minimum atomic E-state index is 0.190. The smallest absolute Gasteiger partial charge is 0.122 e. The Balaban J connectivity index is 2.09. The van der Waals surface area contributed by atoms with E-state index in [-0.39, 0.29) is 6.61 Å². The van der Waals surface area contributed by atoms with Crippen molar-refractivity contribution in [1.29, 1.82) is 0 Å². The van der Waals surface area contributed by atoms with Gasteiger partial charge in [0.25, 0.3) is 0 Å². The number of aliphatic hydroxyl groups is 1. The van der Waals surface area contributed by atoms with Crippen molar-refractivity contribution in [2.45, 2.75) is 32.2 Å². The molecule has 0 saturated heterocycles. The molecule has 0 spiro atoms. The molecule has 1 aromatic rings. The monoisotopic (exact) mass is 235 g/mol. The zero-order valence-electron chi connectivity index (χ0n) is 10.4. The summed E-state index contributed by atoms with van der Waals surface area (Å²) < 4.78 is 5.73. The van der Waals surface area contributed by atoms with Gasteiger partial charge in [-0.05, 0) is 36.6 Å². The van der Waals surface area contributed by atoms with Crippen LogP contribution in [0.2, 0.25) is 0 Å². The number of benzene rings is 1. The van der Waals surface area contributed by atoms with E-state index in [0.717, 1.165) is 25.1 Å². The molecule has 1 aliphatic carbocycles. The average molecular weight is 235 g/mol. The number of rotatable bonds is 6. The highest BCUT2D eigenvalue weighted by molar-refractivity contribution is 5.45. The third kappa shape index (κ3) is 2.79. The molecule has 1 atom stereocenters. The first-order valence-corrected chi connectivity index (χ1v) is 6.45. The lowest BCUT2D eigenvalue weighted by molar-refractivity contribution is 0.232. The fraction of sp³-hybridized carbons (Fsp3) is 0.571. The number of hydrogen-bond donors (Lipinski definition) is 2. The fourth-order valence-corrected chi connectivity index (χ4v) is 2.46. The Morgan fingerprint density at radius 3 is 3.12 bits per heavy atom. The Morgan fingerprint density at radius 2 is 2.35 bits per heavy atom. The zero-order valence-corrected chi connectivity index (χ0v) is 10.4. The molecular weight excluding hydrogens is 214 g/mol. The maximum atomic E-state index is 8.76. The van der Waals surface area contributed by atoms with Crippen LogP contribution in [0.4, 0.5) is 0 Å². The van der Waals surface area contributed by atoms with Crippen LogP contribution in [-0.2, 0) is 6.42 Å². The summed E-state index contributed by atoms with van der Waals surface area (Å²) in [7, 11) is 0. The first kappa shape index (κ1) is 12.4. The summed E-state index contributed by atoms with van der Waals surface area (Å²) >= 11 is 0. The predicted octanol–water partition coefficient (Wildman–Crippen LogP) is 2.04. The van der Waals surface area contributed by atoms with Gasteiger partial charge in [0.1, 0.15) is 5.75 Å². The second-order valence-corrected chi connectivity index (χ2v) is 4.40. The standard InChI is InChI=1S/C14H21NO2/c1-2-15-13-8-7-12-11(13)5-3-6-14(12)17-10-4-9-16/h3,5-6,13,15-16H,2,4,7-10H2,1H3. The molecule has 0 heterocycles. The maximum Gasteiger partial charge on any atom is 0.122 e. The molecule has 2 N–H and O–H groups in total. The maximum absolute atomic E-state index is 8.76. The summed E-state index contributed by atoms with van der Waals surface area (Å²) in [6.07, 6.45) is 2.94. The lowest BCUT2D eigenvalue weighted by atomic mass is 10.1. The molecule has 1 aromatic carbocycles. The summed E-state index contributed by atoms with van der Waals surface area (Å²) in [4.78, 5) is 0. The van der Waals surface area contributed by atoms with Crippen molar-refractivity contribution < 1.29 is 9.84 Å². The molecular formula is C14H21NO2. The van der Waals surface area contributed by atoms with Crippen molar-refractivity contribution in [1.82, 2.24) is 5.32 Å². The van der Waals surface area contributed by atoms with Crippen molar-refractivity contribution in [3.05, 3.63) is 29.3 Å². The molecule has 0 amide bonds. The first-order valence-electron chi connectivity index (χ1n) is 6.45.